The Kier molecular flexibility index (Phi) is 7.81. The predicted octanol–water partition coefficient (Wildman–Crippen LogP) is 7.02. The molecule has 6 nitrogen and oxygen atoms in total. The van der Waals surface area contributed by atoms with Gasteiger partial charge < -0.3 is 15.2 Å². The van der Waals surface area contributed by atoms with E-state index < -0.39 is 12.6 Å². The number of hydrogen-bond donors (Lipinski definition) is 2. The number of thiophene rings is 1. The zero-order chi connectivity index (χ0) is 25.9. The summed E-state index contributed by atoms with van der Waals surface area (Å²) in [4.78, 5) is 30.2. The maximum atomic E-state index is 13.5. The molecular weight excluding hydrogens is 496 g/mol. The average Bonchev–Trinajstić information content (AvgIpc) is 3.20. The van der Waals surface area contributed by atoms with E-state index >= 15 is 0 Å². The summed E-state index contributed by atoms with van der Waals surface area (Å²) in [5.74, 6) is -0.242. The van der Waals surface area contributed by atoms with Crippen LogP contribution < -0.4 is 10.1 Å². The number of carbonyl (C=O) groups is 2. The summed E-state index contributed by atoms with van der Waals surface area (Å²) in [7, 11) is 0. The van der Waals surface area contributed by atoms with E-state index in [1.54, 1.807) is 60.0 Å². The van der Waals surface area contributed by atoms with Gasteiger partial charge in [0.05, 0.1) is 5.56 Å². The third-order valence-electron chi connectivity index (χ3n) is 6.35. The molecule has 1 heterocycles. The van der Waals surface area contributed by atoms with Crippen LogP contribution in [0.15, 0.2) is 53.5 Å². The molecular formula is C28H29ClN2O4S. The van der Waals surface area contributed by atoms with Crippen LogP contribution in [-0.2, 0) is 17.6 Å². The number of fused-ring (bicyclic) bond motifs is 1. The molecule has 0 bridgehead atoms. The lowest BCUT2D eigenvalue weighted by molar-refractivity contribution is -0.139. The van der Waals surface area contributed by atoms with E-state index in [1.165, 1.54) is 4.88 Å². The molecule has 2 aromatic carbocycles. The molecule has 0 saturated heterocycles. The van der Waals surface area contributed by atoms with Crippen molar-refractivity contribution in [2.45, 2.75) is 40.0 Å². The van der Waals surface area contributed by atoms with Crippen LogP contribution in [0.3, 0.4) is 0 Å². The van der Waals surface area contributed by atoms with Gasteiger partial charge in [-0.05, 0) is 78.1 Å². The van der Waals surface area contributed by atoms with E-state index in [0.29, 0.717) is 32.9 Å². The normalized spacial score (nSPS) is 15.5. The van der Waals surface area contributed by atoms with E-state index in [0.717, 1.165) is 30.4 Å². The number of carboxylic acids is 1. The number of carboxylic acid groups (broad SMARTS) is 1. The first-order chi connectivity index (χ1) is 17.1. The largest absolute Gasteiger partial charge is 0.482 e. The highest BCUT2D eigenvalue weighted by atomic mass is 35.5. The molecule has 36 heavy (non-hydrogen) atoms. The Morgan fingerprint density at radius 3 is 2.67 bits per heavy atom. The second-order valence-corrected chi connectivity index (χ2v) is 11.5. The number of carbonyl (C=O) groups excluding carboxylic acids is 1. The van der Waals surface area contributed by atoms with Crippen LogP contribution in [-0.4, -0.2) is 29.8 Å². The number of rotatable bonds is 7. The Bertz CT molecular complexity index is 1290. The smallest absolute Gasteiger partial charge is 0.341 e. The van der Waals surface area contributed by atoms with Gasteiger partial charge in [-0.15, -0.1) is 11.3 Å². The van der Waals surface area contributed by atoms with Crippen LogP contribution in [0.4, 0.5) is 10.7 Å². The second-order valence-electron chi connectivity index (χ2n) is 9.96. The number of amides is 1. The highest BCUT2D eigenvalue weighted by Gasteiger charge is 2.33. The number of aliphatic carboxylic acids is 1. The molecule has 1 amide bonds. The van der Waals surface area contributed by atoms with Gasteiger partial charge in [0.25, 0.3) is 5.91 Å². The van der Waals surface area contributed by atoms with Gasteiger partial charge in [0.15, 0.2) is 6.61 Å². The van der Waals surface area contributed by atoms with Gasteiger partial charge >= 0.3 is 5.97 Å². The van der Waals surface area contributed by atoms with Crippen molar-refractivity contribution in [3.05, 3.63) is 75.1 Å². The molecule has 3 aromatic rings. The first-order valence-corrected chi connectivity index (χ1v) is 13.0. The molecule has 4 rings (SSSR count). The molecule has 0 radical (unpaired) electrons. The van der Waals surface area contributed by atoms with Gasteiger partial charge in [-0.3, -0.25) is 4.79 Å². The Balaban J connectivity index is 1.65. The van der Waals surface area contributed by atoms with Gasteiger partial charge in [-0.2, -0.15) is 0 Å². The van der Waals surface area contributed by atoms with Crippen molar-refractivity contribution in [3.63, 3.8) is 0 Å². The van der Waals surface area contributed by atoms with Gasteiger partial charge in [-0.25, -0.2) is 9.79 Å². The Morgan fingerprint density at radius 2 is 1.97 bits per heavy atom. The molecule has 1 aliphatic carbocycles. The van der Waals surface area contributed by atoms with Crippen LogP contribution >= 0.6 is 22.9 Å². The van der Waals surface area contributed by atoms with Gasteiger partial charge in [0.1, 0.15) is 10.8 Å². The molecule has 1 aromatic heterocycles. The number of nitrogens with one attached hydrogen (secondary N) is 1. The lowest BCUT2D eigenvalue weighted by Gasteiger charge is -2.33. The molecule has 0 spiro atoms. The van der Waals surface area contributed by atoms with Gasteiger partial charge in [0.2, 0.25) is 0 Å². The Hall–Kier alpha value is -3.16. The third kappa shape index (κ3) is 6.33. The number of anilines is 1. The van der Waals surface area contributed by atoms with Crippen molar-refractivity contribution in [1.29, 1.82) is 0 Å². The van der Waals surface area contributed by atoms with Crippen LogP contribution in [0, 0.1) is 11.3 Å². The standard InChI is InChI=1S/C28H29ClN2O4S/c1-28(2,3)18-7-12-22-23(14-18)36-27(25(22)26(34)31-20-10-8-19(29)9-11-20)30-15-17-5-4-6-21(13-17)35-16-24(32)33/h4-6,8-11,13,15,18H,7,12,14,16H2,1-3H3,(H,31,34)(H,32,33)/t18-/m1/s1. The average molecular weight is 525 g/mol. The predicted molar refractivity (Wildman–Crippen MR) is 146 cm³/mol. The van der Waals surface area contributed by atoms with Crippen molar-refractivity contribution in [2.24, 2.45) is 16.3 Å². The fourth-order valence-corrected chi connectivity index (χ4v) is 5.72. The van der Waals surface area contributed by atoms with E-state index in [1.807, 2.05) is 6.07 Å². The zero-order valence-corrected chi connectivity index (χ0v) is 22.1. The monoisotopic (exact) mass is 524 g/mol. The quantitative estimate of drug-likeness (QED) is 0.325. The highest BCUT2D eigenvalue weighted by Crippen LogP contribution is 2.45. The summed E-state index contributed by atoms with van der Waals surface area (Å²) < 4.78 is 5.27. The van der Waals surface area contributed by atoms with Crippen molar-refractivity contribution in [2.75, 3.05) is 11.9 Å². The number of hydrogen-bond acceptors (Lipinski definition) is 5. The molecule has 2 N–H and O–H groups in total. The van der Waals surface area contributed by atoms with Crippen molar-refractivity contribution < 1.29 is 19.4 Å². The summed E-state index contributed by atoms with van der Waals surface area (Å²) in [6.07, 6.45) is 4.48. The van der Waals surface area contributed by atoms with E-state index in [-0.39, 0.29) is 11.3 Å². The van der Waals surface area contributed by atoms with E-state index in [9.17, 15) is 9.59 Å². The molecule has 0 fully saturated rings. The summed E-state index contributed by atoms with van der Waals surface area (Å²) >= 11 is 7.57. The van der Waals surface area contributed by atoms with Gasteiger partial charge in [0, 0.05) is 21.8 Å². The summed E-state index contributed by atoms with van der Waals surface area (Å²) in [6, 6.07) is 14.1. The fourth-order valence-electron chi connectivity index (χ4n) is 4.33. The number of halogens is 1. The molecule has 8 heteroatoms. The van der Waals surface area contributed by atoms with Crippen LogP contribution in [0.2, 0.25) is 5.02 Å². The minimum absolute atomic E-state index is 0.185. The first kappa shape index (κ1) is 25.9. The Morgan fingerprint density at radius 1 is 1.22 bits per heavy atom. The molecule has 188 valence electrons. The van der Waals surface area contributed by atoms with Crippen molar-refractivity contribution in [3.8, 4) is 5.75 Å². The topological polar surface area (TPSA) is 88.0 Å². The molecule has 0 unspecified atom stereocenters. The molecule has 0 saturated carbocycles. The zero-order valence-electron chi connectivity index (χ0n) is 20.5. The summed E-state index contributed by atoms with van der Waals surface area (Å²) in [6.45, 7) is 6.39. The fraction of sp³-hybridized carbons (Fsp3) is 0.321. The lowest BCUT2D eigenvalue weighted by Crippen LogP contribution is -2.27. The minimum Gasteiger partial charge on any atom is -0.482 e. The molecule has 1 aliphatic rings. The van der Waals surface area contributed by atoms with Crippen LogP contribution in [0.5, 0.6) is 5.75 Å². The number of aliphatic imine (C=N–C) groups is 1. The summed E-state index contributed by atoms with van der Waals surface area (Å²) in [5, 5.41) is 13.1. The van der Waals surface area contributed by atoms with Crippen LogP contribution in [0.25, 0.3) is 0 Å². The second kappa shape index (κ2) is 10.8. The van der Waals surface area contributed by atoms with Gasteiger partial charge in [-0.1, -0.05) is 44.5 Å². The van der Waals surface area contributed by atoms with Crippen molar-refractivity contribution >= 4 is 51.7 Å². The Labute approximate surface area is 220 Å². The summed E-state index contributed by atoms with van der Waals surface area (Å²) in [5.41, 5.74) is 3.31. The first-order valence-electron chi connectivity index (χ1n) is 11.8. The van der Waals surface area contributed by atoms with E-state index in [2.05, 4.69) is 26.1 Å². The maximum absolute atomic E-state index is 13.5. The number of nitrogens with zero attached hydrogens (tertiary/aromatic N) is 1. The third-order valence-corrected chi connectivity index (χ3v) is 7.77. The van der Waals surface area contributed by atoms with Crippen molar-refractivity contribution in [1.82, 2.24) is 0 Å². The molecule has 1 atom stereocenters. The SMILES string of the molecule is CC(C)(C)[C@@H]1CCc2c(sc(N=Cc3cccc(OCC(=O)O)c3)c2C(=O)Nc2ccc(Cl)cc2)C1. The number of benzene rings is 2. The molecule has 0 aliphatic heterocycles. The van der Waals surface area contributed by atoms with Crippen LogP contribution in [0.1, 0.15) is 53.6 Å². The maximum Gasteiger partial charge on any atom is 0.341 e. The number of ether oxygens (including phenoxy) is 1. The highest BCUT2D eigenvalue weighted by molar-refractivity contribution is 7.16. The van der Waals surface area contributed by atoms with E-state index in [4.69, 9.17) is 26.4 Å². The lowest BCUT2D eigenvalue weighted by atomic mass is 9.72. The minimum atomic E-state index is -1.04.